The molecule has 2 amide bonds. The molecule has 2 N–H and O–H groups in total. The van der Waals surface area contributed by atoms with Gasteiger partial charge in [0.05, 0.1) is 5.69 Å². The standard InChI is InChI=1S/C21H20N4O4/c1-13-22-20(25-29-13)17-7-2-3-8-18(17)24-19(26)12-28-16-6-4-5-15(11-16)23-21(27)14-9-10-14/h2-8,11,14H,9-10,12H2,1H3,(H,23,27)(H,24,26). The monoisotopic (exact) mass is 392 g/mol. The van der Waals surface area contributed by atoms with Crippen LogP contribution in [0.3, 0.4) is 0 Å². The molecule has 1 aromatic heterocycles. The Morgan fingerprint density at radius 2 is 1.97 bits per heavy atom. The van der Waals surface area contributed by atoms with Gasteiger partial charge in [0.2, 0.25) is 17.6 Å². The van der Waals surface area contributed by atoms with Gasteiger partial charge in [-0.25, -0.2) is 0 Å². The second-order valence-electron chi connectivity index (χ2n) is 6.81. The second kappa shape index (κ2) is 8.14. The lowest BCUT2D eigenvalue weighted by atomic mass is 10.1. The molecule has 0 bridgehead atoms. The molecule has 148 valence electrons. The van der Waals surface area contributed by atoms with Crippen LogP contribution in [-0.2, 0) is 9.59 Å². The lowest BCUT2D eigenvalue weighted by Gasteiger charge is -2.11. The third kappa shape index (κ3) is 4.78. The first kappa shape index (κ1) is 18.7. The van der Waals surface area contributed by atoms with E-state index >= 15 is 0 Å². The number of benzene rings is 2. The van der Waals surface area contributed by atoms with Gasteiger partial charge in [0.25, 0.3) is 5.91 Å². The molecule has 1 heterocycles. The van der Waals surface area contributed by atoms with Gasteiger partial charge in [-0.15, -0.1) is 0 Å². The quantitative estimate of drug-likeness (QED) is 0.638. The Bertz CT molecular complexity index is 1040. The zero-order valence-electron chi connectivity index (χ0n) is 15.8. The Labute approximate surface area is 167 Å². The van der Waals surface area contributed by atoms with Gasteiger partial charge in [0.1, 0.15) is 5.75 Å². The number of ether oxygens (including phenoxy) is 1. The van der Waals surface area contributed by atoms with Crippen molar-refractivity contribution in [3.8, 4) is 17.1 Å². The Morgan fingerprint density at radius 3 is 2.72 bits per heavy atom. The first-order valence-electron chi connectivity index (χ1n) is 9.32. The van der Waals surface area contributed by atoms with Crippen LogP contribution in [0.15, 0.2) is 53.1 Å². The minimum Gasteiger partial charge on any atom is -0.484 e. The lowest BCUT2D eigenvalue weighted by molar-refractivity contribution is -0.118. The number of carbonyl (C=O) groups excluding carboxylic acids is 2. The highest BCUT2D eigenvalue weighted by molar-refractivity contribution is 5.96. The summed E-state index contributed by atoms with van der Waals surface area (Å²) in [6.07, 6.45) is 1.88. The third-order valence-electron chi connectivity index (χ3n) is 4.39. The fraction of sp³-hybridized carbons (Fsp3) is 0.238. The summed E-state index contributed by atoms with van der Waals surface area (Å²) in [5.41, 5.74) is 1.87. The molecule has 0 unspecified atom stereocenters. The Hall–Kier alpha value is -3.68. The van der Waals surface area contributed by atoms with Gasteiger partial charge in [-0.1, -0.05) is 23.4 Å². The number of nitrogens with one attached hydrogen (secondary N) is 2. The normalized spacial score (nSPS) is 13.0. The molecule has 1 aliphatic carbocycles. The van der Waals surface area contributed by atoms with Crippen LogP contribution in [0.4, 0.5) is 11.4 Å². The number of amides is 2. The van der Waals surface area contributed by atoms with E-state index < -0.39 is 0 Å². The molecule has 0 radical (unpaired) electrons. The molecule has 8 nitrogen and oxygen atoms in total. The maximum atomic E-state index is 12.4. The number of aryl methyl sites for hydroxylation is 1. The SMILES string of the molecule is Cc1nc(-c2ccccc2NC(=O)COc2cccc(NC(=O)C3CC3)c2)no1. The van der Waals surface area contributed by atoms with Crippen LogP contribution >= 0.6 is 0 Å². The average molecular weight is 392 g/mol. The van der Waals surface area contributed by atoms with Crippen molar-refractivity contribution in [1.29, 1.82) is 0 Å². The van der Waals surface area contributed by atoms with Gasteiger partial charge < -0.3 is 19.9 Å². The smallest absolute Gasteiger partial charge is 0.262 e. The Morgan fingerprint density at radius 1 is 1.14 bits per heavy atom. The molecule has 29 heavy (non-hydrogen) atoms. The predicted molar refractivity (Wildman–Crippen MR) is 106 cm³/mol. The van der Waals surface area contributed by atoms with E-state index in [0.717, 1.165) is 12.8 Å². The Balaban J connectivity index is 1.37. The average Bonchev–Trinajstić information content (AvgIpc) is 3.48. The van der Waals surface area contributed by atoms with E-state index in [0.29, 0.717) is 34.4 Å². The van der Waals surface area contributed by atoms with Crippen molar-refractivity contribution in [3.05, 3.63) is 54.4 Å². The number of nitrogens with zero attached hydrogens (tertiary/aromatic N) is 2. The fourth-order valence-electron chi connectivity index (χ4n) is 2.78. The van der Waals surface area contributed by atoms with Gasteiger partial charge >= 0.3 is 0 Å². The van der Waals surface area contributed by atoms with Gasteiger partial charge in [-0.2, -0.15) is 4.98 Å². The summed E-state index contributed by atoms with van der Waals surface area (Å²) < 4.78 is 10.6. The molecular weight excluding hydrogens is 372 g/mol. The fourth-order valence-corrected chi connectivity index (χ4v) is 2.78. The summed E-state index contributed by atoms with van der Waals surface area (Å²) in [4.78, 5) is 28.4. The summed E-state index contributed by atoms with van der Waals surface area (Å²) >= 11 is 0. The van der Waals surface area contributed by atoms with E-state index in [1.54, 1.807) is 49.4 Å². The van der Waals surface area contributed by atoms with Crippen LogP contribution in [0, 0.1) is 12.8 Å². The van der Waals surface area contributed by atoms with Gasteiger partial charge in [0, 0.05) is 30.2 Å². The van der Waals surface area contributed by atoms with Crippen molar-refractivity contribution < 1.29 is 18.8 Å². The molecule has 8 heteroatoms. The zero-order valence-corrected chi connectivity index (χ0v) is 15.8. The topological polar surface area (TPSA) is 106 Å². The van der Waals surface area contributed by atoms with Gasteiger partial charge in [-0.05, 0) is 37.1 Å². The maximum Gasteiger partial charge on any atom is 0.262 e. The number of aromatic nitrogens is 2. The lowest BCUT2D eigenvalue weighted by Crippen LogP contribution is -2.20. The minimum atomic E-state index is -0.329. The number of hydrogen-bond donors (Lipinski definition) is 2. The minimum absolute atomic E-state index is 0.0215. The molecule has 3 aromatic rings. The van der Waals surface area contributed by atoms with E-state index in [4.69, 9.17) is 9.26 Å². The number of hydrogen-bond acceptors (Lipinski definition) is 6. The highest BCUT2D eigenvalue weighted by Crippen LogP contribution is 2.30. The number of anilines is 2. The Kier molecular flexibility index (Phi) is 5.24. The molecule has 4 rings (SSSR count). The van der Waals surface area contributed by atoms with Crippen molar-refractivity contribution in [1.82, 2.24) is 10.1 Å². The van der Waals surface area contributed by atoms with Crippen molar-refractivity contribution in [2.24, 2.45) is 5.92 Å². The summed E-state index contributed by atoms with van der Waals surface area (Å²) in [7, 11) is 0. The highest BCUT2D eigenvalue weighted by atomic mass is 16.5. The summed E-state index contributed by atoms with van der Waals surface area (Å²) in [6.45, 7) is 1.52. The van der Waals surface area contributed by atoms with Crippen molar-refractivity contribution in [3.63, 3.8) is 0 Å². The van der Waals surface area contributed by atoms with Crippen LogP contribution < -0.4 is 15.4 Å². The van der Waals surface area contributed by atoms with Crippen molar-refractivity contribution in [2.45, 2.75) is 19.8 Å². The van der Waals surface area contributed by atoms with Gasteiger partial charge in [0.15, 0.2) is 6.61 Å². The molecule has 2 aromatic carbocycles. The highest BCUT2D eigenvalue weighted by Gasteiger charge is 2.29. The number of para-hydroxylation sites is 1. The molecule has 0 atom stereocenters. The molecule has 1 fully saturated rings. The van der Waals surface area contributed by atoms with E-state index in [1.807, 2.05) is 6.07 Å². The maximum absolute atomic E-state index is 12.4. The molecule has 0 saturated heterocycles. The number of carbonyl (C=O) groups is 2. The van der Waals surface area contributed by atoms with E-state index in [-0.39, 0.29) is 24.3 Å². The number of rotatable bonds is 7. The van der Waals surface area contributed by atoms with Crippen LogP contribution in [0.2, 0.25) is 0 Å². The molecule has 1 saturated carbocycles. The zero-order chi connectivity index (χ0) is 20.2. The van der Waals surface area contributed by atoms with Gasteiger partial charge in [-0.3, -0.25) is 9.59 Å². The van der Waals surface area contributed by atoms with Crippen LogP contribution in [0.1, 0.15) is 18.7 Å². The van der Waals surface area contributed by atoms with Crippen LogP contribution in [0.25, 0.3) is 11.4 Å². The van der Waals surface area contributed by atoms with E-state index in [9.17, 15) is 9.59 Å². The van der Waals surface area contributed by atoms with Crippen LogP contribution in [0.5, 0.6) is 5.75 Å². The molecule has 0 spiro atoms. The summed E-state index contributed by atoms with van der Waals surface area (Å²) in [6, 6.07) is 14.2. The van der Waals surface area contributed by atoms with E-state index in [2.05, 4.69) is 20.8 Å². The van der Waals surface area contributed by atoms with Crippen LogP contribution in [-0.4, -0.2) is 28.6 Å². The third-order valence-corrected chi connectivity index (χ3v) is 4.39. The molecule has 0 aliphatic heterocycles. The second-order valence-corrected chi connectivity index (χ2v) is 6.81. The van der Waals surface area contributed by atoms with Crippen molar-refractivity contribution >= 4 is 23.2 Å². The molecular formula is C21H20N4O4. The first-order valence-corrected chi connectivity index (χ1v) is 9.32. The van der Waals surface area contributed by atoms with Crippen molar-refractivity contribution in [2.75, 3.05) is 17.2 Å². The van der Waals surface area contributed by atoms with E-state index in [1.165, 1.54) is 0 Å². The molecule has 1 aliphatic rings. The predicted octanol–water partition coefficient (Wildman–Crippen LogP) is 3.41. The largest absolute Gasteiger partial charge is 0.484 e. The first-order chi connectivity index (χ1) is 14.1. The summed E-state index contributed by atoms with van der Waals surface area (Å²) in [5.74, 6) is 1.15. The summed E-state index contributed by atoms with van der Waals surface area (Å²) in [5, 5.41) is 9.55.